The van der Waals surface area contributed by atoms with Crippen molar-refractivity contribution in [2.45, 2.75) is 18.9 Å². The number of hydrogen-bond donors (Lipinski definition) is 1. The van der Waals surface area contributed by atoms with Gasteiger partial charge in [-0.2, -0.15) is 0 Å². The Labute approximate surface area is 167 Å². The first-order valence-electron chi connectivity index (χ1n) is 9.32. The summed E-state index contributed by atoms with van der Waals surface area (Å²) in [6, 6.07) is 19.9. The van der Waals surface area contributed by atoms with Gasteiger partial charge >= 0.3 is 0 Å². The molecular formula is C22H19N3O2S. The molecule has 0 unspecified atom stereocenters. The third-order valence-electron chi connectivity index (χ3n) is 4.69. The number of ether oxygens (including phenoxy) is 2. The molecule has 140 valence electrons. The number of nitrogens with one attached hydrogen (secondary N) is 1. The summed E-state index contributed by atoms with van der Waals surface area (Å²) < 4.78 is 13.0. The standard InChI is InChI=1S/C22H19N3O2S/c1-2-8-20-18(6-1)25-22(28-20)24-15-9-11-16(12-10-15)27-21-17(5-3-13-23-21)19-7-4-14-26-19/h1-3,5-6,8-13,19H,4,7,14H2,(H,24,25)/t19-/m0/s1. The largest absolute Gasteiger partial charge is 0.439 e. The maximum atomic E-state index is 6.04. The van der Waals surface area contributed by atoms with Crippen LogP contribution in [0, 0.1) is 0 Å². The van der Waals surface area contributed by atoms with Gasteiger partial charge in [0.25, 0.3) is 0 Å². The summed E-state index contributed by atoms with van der Waals surface area (Å²) in [5, 5.41) is 4.23. The lowest BCUT2D eigenvalue weighted by molar-refractivity contribution is 0.109. The van der Waals surface area contributed by atoms with Crippen LogP contribution in [-0.2, 0) is 4.74 Å². The topological polar surface area (TPSA) is 56.3 Å². The monoisotopic (exact) mass is 389 g/mol. The molecule has 5 rings (SSSR count). The number of nitrogens with zero attached hydrogens (tertiary/aromatic N) is 2. The van der Waals surface area contributed by atoms with Crippen molar-refractivity contribution < 1.29 is 9.47 Å². The number of pyridine rings is 1. The summed E-state index contributed by atoms with van der Waals surface area (Å²) >= 11 is 1.64. The van der Waals surface area contributed by atoms with Crippen LogP contribution in [0.4, 0.5) is 10.8 Å². The number of aromatic nitrogens is 2. The predicted molar refractivity (Wildman–Crippen MR) is 112 cm³/mol. The van der Waals surface area contributed by atoms with E-state index >= 15 is 0 Å². The molecule has 1 aliphatic heterocycles. The van der Waals surface area contributed by atoms with Gasteiger partial charge in [0.15, 0.2) is 5.13 Å². The van der Waals surface area contributed by atoms with E-state index in [0.29, 0.717) is 5.88 Å². The van der Waals surface area contributed by atoms with Crippen LogP contribution < -0.4 is 10.1 Å². The Morgan fingerprint density at radius 3 is 2.75 bits per heavy atom. The van der Waals surface area contributed by atoms with Gasteiger partial charge in [-0.1, -0.05) is 23.5 Å². The number of fused-ring (bicyclic) bond motifs is 1. The summed E-state index contributed by atoms with van der Waals surface area (Å²) in [6.45, 7) is 0.797. The third kappa shape index (κ3) is 3.56. The van der Waals surface area contributed by atoms with Crippen molar-refractivity contribution in [2.24, 2.45) is 0 Å². The van der Waals surface area contributed by atoms with Crippen molar-refractivity contribution in [1.29, 1.82) is 0 Å². The van der Waals surface area contributed by atoms with Crippen molar-refractivity contribution in [3.8, 4) is 11.6 Å². The van der Waals surface area contributed by atoms with Crippen LogP contribution in [0.25, 0.3) is 10.2 Å². The second kappa shape index (κ2) is 7.58. The van der Waals surface area contributed by atoms with Gasteiger partial charge < -0.3 is 14.8 Å². The lowest BCUT2D eigenvalue weighted by atomic mass is 10.1. The van der Waals surface area contributed by atoms with Gasteiger partial charge in [0.2, 0.25) is 5.88 Å². The molecule has 5 nitrogen and oxygen atoms in total. The molecule has 2 aromatic carbocycles. The van der Waals surface area contributed by atoms with Crippen molar-refractivity contribution in [3.05, 3.63) is 72.4 Å². The SMILES string of the molecule is c1cnc(Oc2ccc(Nc3nc4ccccc4s3)cc2)c([C@@H]2CCCO2)c1. The first kappa shape index (κ1) is 17.2. The zero-order valence-corrected chi connectivity index (χ0v) is 16.0. The number of thiazole rings is 1. The van der Waals surface area contributed by atoms with Crippen LogP contribution in [0.15, 0.2) is 66.9 Å². The normalized spacial score (nSPS) is 16.4. The summed E-state index contributed by atoms with van der Waals surface area (Å²) in [4.78, 5) is 9.01. The zero-order chi connectivity index (χ0) is 18.8. The number of para-hydroxylation sites is 1. The average Bonchev–Trinajstić information content (AvgIpc) is 3.39. The number of rotatable bonds is 5. The molecule has 1 atom stereocenters. The maximum Gasteiger partial charge on any atom is 0.225 e. The minimum absolute atomic E-state index is 0.0728. The van der Waals surface area contributed by atoms with Gasteiger partial charge in [-0.15, -0.1) is 0 Å². The molecular weight excluding hydrogens is 370 g/mol. The van der Waals surface area contributed by atoms with Gasteiger partial charge in [-0.05, 0) is 61.4 Å². The number of hydrogen-bond acceptors (Lipinski definition) is 6. The van der Waals surface area contributed by atoms with Crippen LogP contribution >= 0.6 is 11.3 Å². The minimum atomic E-state index is 0.0728. The molecule has 1 N–H and O–H groups in total. The summed E-state index contributed by atoms with van der Waals surface area (Å²) in [7, 11) is 0. The Balaban J connectivity index is 1.32. The van der Waals surface area contributed by atoms with Gasteiger partial charge in [0, 0.05) is 24.1 Å². The fourth-order valence-electron chi connectivity index (χ4n) is 3.32. The van der Waals surface area contributed by atoms with E-state index in [9.17, 15) is 0 Å². The average molecular weight is 389 g/mol. The van der Waals surface area contributed by atoms with Crippen LogP contribution in [0.5, 0.6) is 11.6 Å². The molecule has 6 heteroatoms. The number of anilines is 2. The second-order valence-corrected chi connectivity index (χ2v) is 7.67. The van der Waals surface area contributed by atoms with Gasteiger partial charge in [-0.25, -0.2) is 9.97 Å². The van der Waals surface area contributed by atoms with Gasteiger partial charge in [0.05, 0.1) is 16.3 Å². The van der Waals surface area contributed by atoms with Crippen LogP contribution in [0.3, 0.4) is 0 Å². The molecule has 0 spiro atoms. The molecule has 4 aromatic rings. The highest BCUT2D eigenvalue weighted by Crippen LogP contribution is 2.35. The van der Waals surface area contributed by atoms with Crippen LogP contribution in [0.1, 0.15) is 24.5 Å². The quantitative estimate of drug-likeness (QED) is 0.448. The summed E-state index contributed by atoms with van der Waals surface area (Å²) in [6.07, 6.45) is 3.90. The first-order valence-corrected chi connectivity index (χ1v) is 10.1. The molecule has 3 heterocycles. The van der Waals surface area contributed by atoms with E-state index in [-0.39, 0.29) is 6.10 Å². The molecule has 28 heavy (non-hydrogen) atoms. The molecule has 0 aliphatic carbocycles. The van der Waals surface area contributed by atoms with Gasteiger partial charge in [-0.3, -0.25) is 0 Å². The Morgan fingerprint density at radius 2 is 1.93 bits per heavy atom. The summed E-state index contributed by atoms with van der Waals surface area (Å²) in [5.41, 5.74) is 2.98. The number of benzene rings is 2. The van der Waals surface area contributed by atoms with E-state index in [1.54, 1.807) is 17.5 Å². The Morgan fingerprint density at radius 1 is 1.04 bits per heavy atom. The van der Waals surface area contributed by atoms with Gasteiger partial charge in [0.1, 0.15) is 5.75 Å². The van der Waals surface area contributed by atoms with Crippen LogP contribution in [-0.4, -0.2) is 16.6 Å². The molecule has 1 fully saturated rings. The Hall–Kier alpha value is -2.96. The molecule has 1 aliphatic rings. The van der Waals surface area contributed by atoms with Crippen molar-refractivity contribution in [1.82, 2.24) is 9.97 Å². The van der Waals surface area contributed by atoms with Crippen molar-refractivity contribution in [3.63, 3.8) is 0 Å². The minimum Gasteiger partial charge on any atom is -0.439 e. The smallest absolute Gasteiger partial charge is 0.225 e. The lowest BCUT2D eigenvalue weighted by Crippen LogP contribution is -2.00. The first-order chi connectivity index (χ1) is 13.8. The summed E-state index contributed by atoms with van der Waals surface area (Å²) in [5.74, 6) is 1.36. The van der Waals surface area contributed by atoms with E-state index < -0.39 is 0 Å². The predicted octanol–water partition coefficient (Wildman–Crippen LogP) is 6.08. The van der Waals surface area contributed by atoms with E-state index in [2.05, 4.69) is 21.4 Å². The Kier molecular flexibility index (Phi) is 4.64. The molecule has 0 amide bonds. The van der Waals surface area contributed by atoms with E-state index in [4.69, 9.17) is 9.47 Å². The zero-order valence-electron chi connectivity index (χ0n) is 15.2. The Bertz CT molecular complexity index is 1060. The lowest BCUT2D eigenvalue weighted by Gasteiger charge is -2.14. The van der Waals surface area contributed by atoms with E-state index in [1.165, 1.54) is 4.70 Å². The maximum absolute atomic E-state index is 6.04. The van der Waals surface area contributed by atoms with E-state index in [1.807, 2.05) is 54.6 Å². The van der Waals surface area contributed by atoms with Crippen LogP contribution in [0.2, 0.25) is 0 Å². The molecule has 0 saturated carbocycles. The highest BCUT2D eigenvalue weighted by molar-refractivity contribution is 7.22. The highest BCUT2D eigenvalue weighted by atomic mass is 32.1. The van der Waals surface area contributed by atoms with Crippen molar-refractivity contribution >= 4 is 32.4 Å². The second-order valence-electron chi connectivity index (χ2n) is 6.64. The van der Waals surface area contributed by atoms with Crippen molar-refractivity contribution in [2.75, 3.05) is 11.9 Å². The molecule has 0 bridgehead atoms. The fraction of sp³-hybridized carbons (Fsp3) is 0.182. The highest BCUT2D eigenvalue weighted by Gasteiger charge is 2.22. The molecule has 0 radical (unpaired) electrons. The molecule has 1 saturated heterocycles. The fourth-order valence-corrected chi connectivity index (χ4v) is 4.21. The third-order valence-corrected chi connectivity index (χ3v) is 5.64. The van der Waals surface area contributed by atoms with E-state index in [0.717, 1.165) is 47.1 Å². The molecule has 2 aromatic heterocycles.